The number of aryl methyl sites for hydroxylation is 1. The molecule has 0 spiro atoms. The molecular formula is C13H13N3O. The van der Waals surface area contributed by atoms with Gasteiger partial charge in [-0.15, -0.1) is 0 Å². The molecule has 0 radical (unpaired) electrons. The van der Waals surface area contributed by atoms with Crippen molar-refractivity contribution in [1.29, 1.82) is 5.26 Å². The molecule has 0 atom stereocenters. The highest BCUT2D eigenvalue weighted by molar-refractivity contribution is 5.75. The van der Waals surface area contributed by atoms with Crippen molar-refractivity contribution in [3.05, 3.63) is 29.6 Å². The Morgan fingerprint density at radius 2 is 2.35 bits per heavy atom. The summed E-state index contributed by atoms with van der Waals surface area (Å²) in [5, 5.41) is 9.17. The number of hydrogen-bond acceptors (Lipinski definition) is 3. The normalized spacial score (nSPS) is 17.6. The number of H-pyrrole nitrogens is 1. The first kappa shape index (κ1) is 10.3. The van der Waals surface area contributed by atoms with Gasteiger partial charge in [-0.3, -0.25) is 0 Å². The van der Waals surface area contributed by atoms with Crippen molar-refractivity contribution in [3.63, 3.8) is 0 Å². The Hall–Kier alpha value is -1.86. The van der Waals surface area contributed by atoms with Crippen molar-refractivity contribution in [2.75, 3.05) is 13.2 Å². The lowest BCUT2D eigenvalue weighted by molar-refractivity contribution is -0.0765. The summed E-state index contributed by atoms with van der Waals surface area (Å²) < 4.78 is 5.15. The van der Waals surface area contributed by atoms with Gasteiger partial charge >= 0.3 is 0 Å². The maximum absolute atomic E-state index is 9.17. The number of hydrogen-bond donors (Lipinski definition) is 1. The zero-order valence-electron chi connectivity index (χ0n) is 9.66. The second-order valence-electron chi connectivity index (χ2n) is 4.74. The van der Waals surface area contributed by atoms with Gasteiger partial charge in [-0.05, 0) is 31.0 Å². The van der Waals surface area contributed by atoms with Crippen molar-refractivity contribution in [1.82, 2.24) is 9.97 Å². The molecule has 1 aliphatic rings. The van der Waals surface area contributed by atoms with Gasteiger partial charge in [0.15, 0.2) is 0 Å². The van der Waals surface area contributed by atoms with E-state index >= 15 is 0 Å². The lowest BCUT2D eigenvalue weighted by Gasteiger charge is -2.35. The third-order valence-electron chi connectivity index (χ3n) is 3.20. The lowest BCUT2D eigenvalue weighted by atomic mass is 9.81. The van der Waals surface area contributed by atoms with Gasteiger partial charge in [0.2, 0.25) is 0 Å². The maximum atomic E-state index is 9.17. The number of rotatable bonds is 2. The van der Waals surface area contributed by atoms with Crippen molar-refractivity contribution in [2.45, 2.75) is 13.3 Å². The van der Waals surface area contributed by atoms with Gasteiger partial charge in [-0.1, -0.05) is 6.07 Å². The second kappa shape index (κ2) is 3.57. The Labute approximate surface area is 99.2 Å². The molecule has 4 nitrogen and oxygen atoms in total. The fourth-order valence-corrected chi connectivity index (χ4v) is 2.24. The second-order valence-corrected chi connectivity index (χ2v) is 4.74. The van der Waals surface area contributed by atoms with Crippen LogP contribution in [-0.4, -0.2) is 23.2 Å². The summed E-state index contributed by atoms with van der Waals surface area (Å²) in [4.78, 5) is 7.57. The Morgan fingerprint density at radius 3 is 3.00 bits per heavy atom. The fourth-order valence-electron chi connectivity index (χ4n) is 2.24. The number of aromatic amines is 1. The molecule has 86 valence electrons. The molecule has 1 saturated heterocycles. The average molecular weight is 227 g/mol. The molecule has 1 aliphatic heterocycles. The van der Waals surface area contributed by atoms with Gasteiger partial charge < -0.3 is 9.72 Å². The molecule has 2 aromatic rings. The van der Waals surface area contributed by atoms with Gasteiger partial charge in [-0.25, -0.2) is 4.98 Å². The SMILES string of the molecule is Cc1nc2ccc(CC3(C#N)COC3)cc2[nH]1. The molecule has 1 aromatic carbocycles. The van der Waals surface area contributed by atoms with E-state index in [-0.39, 0.29) is 5.41 Å². The van der Waals surface area contributed by atoms with Crippen molar-refractivity contribution < 1.29 is 4.74 Å². The summed E-state index contributed by atoms with van der Waals surface area (Å²) in [6.45, 7) is 3.03. The number of benzene rings is 1. The van der Waals surface area contributed by atoms with Crippen LogP contribution in [0, 0.1) is 23.7 Å². The third-order valence-corrected chi connectivity index (χ3v) is 3.20. The van der Waals surface area contributed by atoms with Crippen LogP contribution in [0.25, 0.3) is 11.0 Å². The molecule has 0 amide bonds. The summed E-state index contributed by atoms with van der Waals surface area (Å²) in [5.74, 6) is 0.916. The number of nitriles is 1. The van der Waals surface area contributed by atoms with Crippen LogP contribution in [0.3, 0.4) is 0 Å². The van der Waals surface area contributed by atoms with E-state index in [0.29, 0.717) is 13.2 Å². The highest BCUT2D eigenvalue weighted by Crippen LogP contribution is 2.31. The topological polar surface area (TPSA) is 61.7 Å². The largest absolute Gasteiger partial charge is 0.378 e. The quantitative estimate of drug-likeness (QED) is 0.853. The monoisotopic (exact) mass is 227 g/mol. The zero-order valence-corrected chi connectivity index (χ0v) is 9.66. The summed E-state index contributed by atoms with van der Waals surface area (Å²) in [7, 11) is 0. The standard InChI is InChI=1S/C13H13N3O/c1-9-15-11-3-2-10(4-12(11)16-9)5-13(6-14)7-17-8-13/h2-4H,5,7-8H2,1H3,(H,15,16). The van der Waals surface area contributed by atoms with E-state index in [1.54, 1.807) is 0 Å². The van der Waals surface area contributed by atoms with Crippen LogP contribution in [0.4, 0.5) is 0 Å². The molecule has 1 fully saturated rings. The molecular weight excluding hydrogens is 214 g/mol. The number of fused-ring (bicyclic) bond motifs is 1. The van der Waals surface area contributed by atoms with Crippen molar-refractivity contribution in [3.8, 4) is 6.07 Å². The van der Waals surface area contributed by atoms with E-state index in [0.717, 1.165) is 28.8 Å². The van der Waals surface area contributed by atoms with Crippen molar-refractivity contribution >= 4 is 11.0 Å². The van der Waals surface area contributed by atoms with Crippen LogP contribution >= 0.6 is 0 Å². The van der Waals surface area contributed by atoms with E-state index in [2.05, 4.69) is 22.1 Å². The zero-order chi connectivity index (χ0) is 11.9. The van der Waals surface area contributed by atoms with E-state index in [1.165, 1.54) is 0 Å². The molecule has 17 heavy (non-hydrogen) atoms. The molecule has 4 heteroatoms. The first-order valence-corrected chi connectivity index (χ1v) is 5.65. The minimum atomic E-state index is -0.317. The number of imidazole rings is 1. The molecule has 0 unspecified atom stereocenters. The lowest BCUT2D eigenvalue weighted by Crippen LogP contribution is -2.43. The predicted octanol–water partition coefficient (Wildman–Crippen LogP) is 1.95. The van der Waals surface area contributed by atoms with Crippen molar-refractivity contribution in [2.24, 2.45) is 5.41 Å². The predicted molar refractivity (Wildman–Crippen MR) is 63.4 cm³/mol. The molecule has 1 aromatic heterocycles. The average Bonchev–Trinajstić information content (AvgIpc) is 2.63. The summed E-state index contributed by atoms with van der Waals surface area (Å²) in [5.41, 5.74) is 2.85. The van der Waals surface area contributed by atoms with E-state index in [4.69, 9.17) is 10.00 Å². The number of ether oxygens (including phenoxy) is 1. The number of nitrogens with zero attached hydrogens (tertiary/aromatic N) is 2. The Kier molecular flexibility index (Phi) is 2.17. The third kappa shape index (κ3) is 1.69. The number of aromatic nitrogens is 2. The summed E-state index contributed by atoms with van der Waals surface area (Å²) >= 11 is 0. The van der Waals surface area contributed by atoms with Gasteiger partial charge in [0.05, 0.1) is 30.3 Å². The highest BCUT2D eigenvalue weighted by atomic mass is 16.5. The molecule has 2 heterocycles. The maximum Gasteiger partial charge on any atom is 0.108 e. The fraction of sp³-hybridized carbons (Fsp3) is 0.385. The molecule has 0 saturated carbocycles. The van der Waals surface area contributed by atoms with Gasteiger partial charge in [0.25, 0.3) is 0 Å². The van der Waals surface area contributed by atoms with Crippen LogP contribution in [0.5, 0.6) is 0 Å². The van der Waals surface area contributed by atoms with Crippen LogP contribution in [-0.2, 0) is 11.2 Å². The summed E-state index contributed by atoms with van der Waals surface area (Å²) in [6.07, 6.45) is 0.748. The number of nitrogens with one attached hydrogen (secondary N) is 1. The molecule has 0 aliphatic carbocycles. The first-order valence-electron chi connectivity index (χ1n) is 5.65. The van der Waals surface area contributed by atoms with E-state index < -0.39 is 0 Å². The summed E-state index contributed by atoms with van der Waals surface area (Å²) in [6, 6.07) is 8.48. The van der Waals surface area contributed by atoms with Crippen LogP contribution in [0.2, 0.25) is 0 Å². The Balaban J connectivity index is 1.93. The van der Waals surface area contributed by atoms with Gasteiger partial charge in [-0.2, -0.15) is 5.26 Å². The Bertz CT molecular complexity index is 605. The van der Waals surface area contributed by atoms with E-state index in [1.807, 2.05) is 19.1 Å². The highest BCUT2D eigenvalue weighted by Gasteiger charge is 2.38. The molecule has 1 N–H and O–H groups in total. The minimum absolute atomic E-state index is 0.317. The van der Waals surface area contributed by atoms with Crippen LogP contribution in [0.15, 0.2) is 18.2 Å². The van der Waals surface area contributed by atoms with E-state index in [9.17, 15) is 0 Å². The molecule has 3 rings (SSSR count). The van der Waals surface area contributed by atoms with Gasteiger partial charge in [0.1, 0.15) is 11.2 Å². The Morgan fingerprint density at radius 1 is 1.53 bits per heavy atom. The van der Waals surface area contributed by atoms with Crippen LogP contribution < -0.4 is 0 Å². The minimum Gasteiger partial charge on any atom is -0.378 e. The van der Waals surface area contributed by atoms with Crippen LogP contribution in [0.1, 0.15) is 11.4 Å². The first-order chi connectivity index (χ1) is 8.21. The van der Waals surface area contributed by atoms with Gasteiger partial charge in [0, 0.05) is 0 Å². The molecule has 0 bridgehead atoms. The smallest absolute Gasteiger partial charge is 0.108 e.